The van der Waals surface area contributed by atoms with Gasteiger partial charge in [0.05, 0.1) is 0 Å². The van der Waals surface area contributed by atoms with Gasteiger partial charge in [-0.05, 0) is 46.8 Å². The maximum absolute atomic E-state index is 11.8. The Morgan fingerprint density at radius 2 is 1.94 bits per heavy atom. The molecule has 0 bridgehead atoms. The maximum atomic E-state index is 11.8. The fourth-order valence-corrected chi connectivity index (χ4v) is 1.86. The minimum atomic E-state index is -0.00393. The van der Waals surface area contributed by atoms with Gasteiger partial charge in [-0.15, -0.1) is 0 Å². The molecule has 1 rings (SSSR count). The Labute approximate surface area is 98.3 Å². The fraction of sp³-hybridized carbons (Fsp3) is 0.750. The van der Waals surface area contributed by atoms with E-state index in [0.29, 0.717) is 6.04 Å². The largest absolute Gasteiger partial charge is 0.325 e. The molecule has 1 aliphatic heterocycles. The second-order valence-corrected chi connectivity index (χ2v) is 4.82. The average molecular weight is 225 g/mol. The zero-order valence-corrected chi connectivity index (χ0v) is 10.8. The van der Waals surface area contributed by atoms with E-state index in [-0.39, 0.29) is 6.03 Å². The highest BCUT2D eigenvalue weighted by molar-refractivity contribution is 5.75. The molecule has 1 aliphatic rings. The summed E-state index contributed by atoms with van der Waals surface area (Å²) in [5, 5.41) is 2.80. The molecule has 0 unspecified atom stereocenters. The van der Waals surface area contributed by atoms with Crippen LogP contribution < -0.4 is 5.32 Å². The first-order chi connectivity index (χ1) is 7.50. The summed E-state index contributed by atoms with van der Waals surface area (Å²) in [6.07, 6.45) is 3.89. The topological polar surface area (TPSA) is 35.6 Å². The normalized spacial score (nSPS) is 18.0. The maximum Gasteiger partial charge on any atom is 0.321 e. The number of rotatable bonds is 2. The van der Waals surface area contributed by atoms with Gasteiger partial charge in [-0.25, -0.2) is 4.79 Å². The minimum absolute atomic E-state index is 0.00393. The Kier molecular flexibility index (Phi) is 4.80. The van der Waals surface area contributed by atoms with E-state index in [1.165, 1.54) is 0 Å². The van der Waals surface area contributed by atoms with Crippen LogP contribution in [0, 0.1) is 0 Å². The molecule has 16 heavy (non-hydrogen) atoms. The molecule has 0 aromatic carbocycles. The standard InChI is InChI=1S/C12H23N3O/c1-10(2)9-13-12(16)15(4)11-5-7-14(3)8-6-11/h9,11H,5-8H2,1-4H3,(H,13,16). The van der Waals surface area contributed by atoms with Crippen LogP contribution in [0.1, 0.15) is 26.7 Å². The minimum Gasteiger partial charge on any atom is -0.325 e. The van der Waals surface area contributed by atoms with Crippen LogP contribution in [0.4, 0.5) is 4.79 Å². The molecule has 0 aromatic rings. The molecule has 2 amide bonds. The van der Waals surface area contributed by atoms with Crippen molar-refractivity contribution < 1.29 is 4.79 Å². The lowest BCUT2D eigenvalue weighted by Gasteiger charge is -2.34. The predicted molar refractivity (Wildman–Crippen MR) is 66.2 cm³/mol. The average Bonchev–Trinajstić information content (AvgIpc) is 2.26. The van der Waals surface area contributed by atoms with Gasteiger partial charge in [-0.3, -0.25) is 0 Å². The van der Waals surface area contributed by atoms with Crippen LogP contribution in [0.25, 0.3) is 0 Å². The highest BCUT2D eigenvalue weighted by atomic mass is 16.2. The number of nitrogens with one attached hydrogen (secondary N) is 1. The molecule has 4 heteroatoms. The molecule has 0 spiro atoms. The SMILES string of the molecule is CC(C)=CNC(=O)N(C)C1CCN(C)CC1. The summed E-state index contributed by atoms with van der Waals surface area (Å²) in [5.74, 6) is 0. The molecule has 1 N–H and O–H groups in total. The number of carbonyl (C=O) groups is 1. The molecular weight excluding hydrogens is 202 g/mol. The molecule has 0 aliphatic carbocycles. The zero-order valence-electron chi connectivity index (χ0n) is 10.8. The van der Waals surface area contributed by atoms with Crippen molar-refractivity contribution in [2.45, 2.75) is 32.7 Å². The van der Waals surface area contributed by atoms with Gasteiger partial charge < -0.3 is 15.1 Å². The van der Waals surface area contributed by atoms with Crippen molar-refractivity contribution in [3.63, 3.8) is 0 Å². The van der Waals surface area contributed by atoms with Gasteiger partial charge in [0, 0.05) is 19.3 Å². The number of hydrogen-bond donors (Lipinski definition) is 1. The number of nitrogens with zero attached hydrogens (tertiary/aromatic N) is 2. The van der Waals surface area contributed by atoms with Gasteiger partial charge in [-0.2, -0.15) is 0 Å². The van der Waals surface area contributed by atoms with Gasteiger partial charge in [0.1, 0.15) is 0 Å². The van der Waals surface area contributed by atoms with Crippen molar-refractivity contribution in [2.75, 3.05) is 27.2 Å². The molecule has 0 aromatic heterocycles. The lowest BCUT2D eigenvalue weighted by atomic mass is 10.0. The summed E-state index contributed by atoms with van der Waals surface area (Å²) < 4.78 is 0. The molecule has 4 nitrogen and oxygen atoms in total. The number of urea groups is 1. The third-order valence-corrected chi connectivity index (χ3v) is 3.04. The number of carbonyl (C=O) groups excluding carboxylic acids is 1. The summed E-state index contributed by atoms with van der Waals surface area (Å²) in [7, 11) is 4.00. The number of hydrogen-bond acceptors (Lipinski definition) is 2. The first kappa shape index (κ1) is 13.0. The Balaban J connectivity index is 2.41. The van der Waals surface area contributed by atoms with Crippen molar-refractivity contribution in [3.8, 4) is 0 Å². The number of likely N-dealkylation sites (tertiary alicyclic amines) is 1. The molecular formula is C12H23N3O. The molecule has 0 saturated carbocycles. The van der Waals surface area contributed by atoms with E-state index >= 15 is 0 Å². The second-order valence-electron chi connectivity index (χ2n) is 4.82. The summed E-state index contributed by atoms with van der Waals surface area (Å²) >= 11 is 0. The van der Waals surface area contributed by atoms with Crippen molar-refractivity contribution in [3.05, 3.63) is 11.8 Å². The van der Waals surface area contributed by atoms with Crippen LogP contribution in [0.3, 0.4) is 0 Å². The highest BCUT2D eigenvalue weighted by Crippen LogP contribution is 2.13. The first-order valence-corrected chi connectivity index (χ1v) is 5.86. The summed E-state index contributed by atoms with van der Waals surface area (Å²) in [6, 6.07) is 0.373. The zero-order chi connectivity index (χ0) is 12.1. The highest BCUT2D eigenvalue weighted by Gasteiger charge is 2.23. The Morgan fingerprint density at radius 3 is 2.44 bits per heavy atom. The van der Waals surface area contributed by atoms with Crippen LogP contribution in [-0.2, 0) is 0 Å². The summed E-state index contributed by atoms with van der Waals surface area (Å²) in [6.45, 7) is 6.08. The van der Waals surface area contributed by atoms with E-state index in [9.17, 15) is 4.79 Å². The van der Waals surface area contributed by atoms with Crippen molar-refractivity contribution >= 4 is 6.03 Å². The van der Waals surface area contributed by atoms with Crippen molar-refractivity contribution in [1.82, 2.24) is 15.1 Å². The van der Waals surface area contributed by atoms with Crippen LogP contribution in [-0.4, -0.2) is 49.1 Å². The van der Waals surface area contributed by atoms with Gasteiger partial charge in [0.25, 0.3) is 0 Å². The first-order valence-electron chi connectivity index (χ1n) is 5.86. The predicted octanol–water partition coefficient (Wildman–Crippen LogP) is 1.65. The third-order valence-electron chi connectivity index (χ3n) is 3.04. The van der Waals surface area contributed by atoms with Crippen LogP contribution in [0.5, 0.6) is 0 Å². The molecule has 0 radical (unpaired) electrons. The quantitative estimate of drug-likeness (QED) is 0.775. The number of amides is 2. The Bertz CT molecular complexity index is 263. The second kappa shape index (κ2) is 5.89. The van der Waals surface area contributed by atoms with Crippen molar-refractivity contribution in [1.29, 1.82) is 0 Å². The van der Waals surface area contributed by atoms with E-state index in [1.54, 1.807) is 6.20 Å². The van der Waals surface area contributed by atoms with Gasteiger partial charge in [-0.1, -0.05) is 5.57 Å². The third kappa shape index (κ3) is 3.85. The summed E-state index contributed by atoms with van der Waals surface area (Å²) in [4.78, 5) is 15.9. The van der Waals surface area contributed by atoms with E-state index < -0.39 is 0 Å². The van der Waals surface area contributed by atoms with Gasteiger partial charge in [0.2, 0.25) is 0 Å². The molecule has 1 heterocycles. The summed E-state index contributed by atoms with van der Waals surface area (Å²) in [5.41, 5.74) is 1.10. The number of piperidine rings is 1. The Hall–Kier alpha value is -1.03. The molecule has 92 valence electrons. The van der Waals surface area contributed by atoms with Crippen LogP contribution in [0.15, 0.2) is 11.8 Å². The molecule has 1 saturated heterocycles. The van der Waals surface area contributed by atoms with Gasteiger partial charge in [0.15, 0.2) is 0 Å². The molecule has 1 fully saturated rings. The van der Waals surface area contributed by atoms with Gasteiger partial charge >= 0.3 is 6.03 Å². The Morgan fingerprint density at radius 1 is 1.38 bits per heavy atom. The van der Waals surface area contributed by atoms with E-state index in [4.69, 9.17) is 0 Å². The van der Waals surface area contributed by atoms with Crippen molar-refractivity contribution in [2.24, 2.45) is 0 Å². The lowest BCUT2D eigenvalue weighted by molar-refractivity contribution is 0.150. The lowest BCUT2D eigenvalue weighted by Crippen LogP contribution is -2.47. The van der Waals surface area contributed by atoms with Crippen LogP contribution in [0.2, 0.25) is 0 Å². The van der Waals surface area contributed by atoms with E-state index in [0.717, 1.165) is 31.5 Å². The van der Waals surface area contributed by atoms with E-state index in [1.807, 2.05) is 25.8 Å². The monoisotopic (exact) mass is 225 g/mol. The fourth-order valence-electron chi connectivity index (χ4n) is 1.86. The molecule has 0 atom stereocenters. The van der Waals surface area contributed by atoms with E-state index in [2.05, 4.69) is 17.3 Å². The van der Waals surface area contributed by atoms with Crippen LogP contribution >= 0.6 is 0 Å². The number of allylic oxidation sites excluding steroid dienone is 1. The smallest absolute Gasteiger partial charge is 0.321 e.